The lowest BCUT2D eigenvalue weighted by molar-refractivity contribution is -0.394. The average molecular weight is 444 g/mol. The third-order valence-electron chi connectivity index (χ3n) is 4.20. The predicted octanol–water partition coefficient (Wildman–Crippen LogP) is 3.13. The van der Waals surface area contributed by atoms with E-state index in [2.05, 4.69) is 4.99 Å². The van der Waals surface area contributed by atoms with Gasteiger partial charge in [0, 0.05) is 12.1 Å². The SMILES string of the molecule is CCOC(=O)Cn1c(=NC(=O)c2cc([N+](=O)[O-])cc([N+](=O)[O-])c2)sc2cc(C)ccc21. The van der Waals surface area contributed by atoms with Gasteiger partial charge in [0.05, 0.1) is 38.3 Å². The van der Waals surface area contributed by atoms with Gasteiger partial charge in [-0.25, -0.2) is 0 Å². The van der Waals surface area contributed by atoms with E-state index in [-0.39, 0.29) is 23.5 Å². The molecule has 1 amide bonds. The smallest absolute Gasteiger partial charge is 0.326 e. The van der Waals surface area contributed by atoms with Crippen LogP contribution in [-0.2, 0) is 16.1 Å². The number of thiazole rings is 1. The topological polar surface area (TPSA) is 147 Å². The molecule has 0 radical (unpaired) electrons. The largest absolute Gasteiger partial charge is 0.465 e. The number of amides is 1. The van der Waals surface area contributed by atoms with Crippen LogP contribution in [0.3, 0.4) is 0 Å². The van der Waals surface area contributed by atoms with E-state index in [1.165, 1.54) is 4.57 Å². The Balaban J connectivity index is 2.15. The molecule has 11 nitrogen and oxygen atoms in total. The summed E-state index contributed by atoms with van der Waals surface area (Å²) in [6.45, 7) is 3.54. The summed E-state index contributed by atoms with van der Waals surface area (Å²) in [5.74, 6) is -1.43. The van der Waals surface area contributed by atoms with Crippen LogP contribution in [0.4, 0.5) is 11.4 Å². The highest BCUT2D eigenvalue weighted by Gasteiger charge is 2.20. The maximum Gasteiger partial charge on any atom is 0.326 e. The number of nitrogens with zero attached hydrogens (tertiary/aromatic N) is 4. The van der Waals surface area contributed by atoms with Crippen molar-refractivity contribution in [3.63, 3.8) is 0 Å². The van der Waals surface area contributed by atoms with Crippen LogP contribution in [0.5, 0.6) is 0 Å². The number of nitro benzene ring substituents is 2. The lowest BCUT2D eigenvalue weighted by atomic mass is 10.1. The molecule has 0 unspecified atom stereocenters. The first-order valence-corrected chi connectivity index (χ1v) is 9.79. The molecule has 3 aromatic rings. The van der Waals surface area contributed by atoms with E-state index in [4.69, 9.17) is 4.74 Å². The second-order valence-electron chi connectivity index (χ2n) is 6.42. The number of aromatic nitrogens is 1. The van der Waals surface area contributed by atoms with Crippen LogP contribution in [0.2, 0.25) is 0 Å². The Kier molecular flexibility index (Phi) is 6.20. The molecule has 160 valence electrons. The van der Waals surface area contributed by atoms with Crippen molar-refractivity contribution in [3.05, 3.63) is 72.6 Å². The van der Waals surface area contributed by atoms with Crippen LogP contribution in [0.15, 0.2) is 41.4 Å². The molecule has 3 rings (SSSR count). The Bertz CT molecular complexity index is 1260. The molecule has 31 heavy (non-hydrogen) atoms. The summed E-state index contributed by atoms with van der Waals surface area (Å²) in [5, 5.41) is 22.2. The third kappa shape index (κ3) is 4.80. The summed E-state index contributed by atoms with van der Waals surface area (Å²) in [5.41, 5.74) is 0.111. The number of rotatable bonds is 6. The summed E-state index contributed by atoms with van der Waals surface area (Å²) in [7, 11) is 0. The van der Waals surface area contributed by atoms with Crippen LogP contribution in [-0.4, -0.2) is 32.9 Å². The zero-order valence-corrected chi connectivity index (χ0v) is 17.2. The standard InChI is InChI=1S/C19H16N4O7S/c1-3-30-17(24)10-21-15-5-4-11(2)6-16(15)31-19(21)20-18(25)12-7-13(22(26)27)9-14(8-12)23(28)29/h4-9H,3,10H2,1-2H3. The fraction of sp³-hybridized carbons (Fsp3) is 0.211. The van der Waals surface area contributed by atoms with E-state index in [0.717, 1.165) is 39.8 Å². The van der Waals surface area contributed by atoms with E-state index >= 15 is 0 Å². The van der Waals surface area contributed by atoms with Gasteiger partial charge in [0.2, 0.25) is 0 Å². The zero-order chi connectivity index (χ0) is 22.7. The number of benzene rings is 2. The van der Waals surface area contributed by atoms with Gasteiger partial charge >= 0.3 is 5.97 Å². The molecule has 0 saturated heterocycles. The molecule has 0 aliphatic carbocycles. The minimum Gasteiger partial charge on any atom is -0.465 e. The number of carbonyl (C=O) groups is 2. The molecule has 0 fully saturated rings. The second-order valence-corrected chi connectivity index (χ2v) is 7.43. The Labute approximate surface area is 178 Å². The number of hydrogen-bond acceptors (Lipinski definition) is 8. The van der Waals surface area contributed by atoms with Crippen LogP contribution in [0, 0.1) is 27.2 Å². The first-order chi connectivity index (χ1) is 14.7. The minimum atomic E-state index is -0.910. The molecular weight excluding hydrogens is 428 g/mol. The number of esters is 1. The highest BCUT2D eigenvalue weighted by atomic mass is 32.1. The van der Waals surface area contributed by atoms with Crippen molar-refractivity contribution in [3.8, 4) is 0 Å². The van der Waals surface area contributed by atoms with Gasteiger partial charge in [0.25, 0.3) is 17.3 Å². The third-order valence-corrected chi connectivity index (χ3v) is 5.24. The second kappa shape index (κ2) is 8.83. The molecule has 12 heteroatoms. The first kappa shape index (κ1) is 21.8. The van der Waals surface area contributed by atoms with Crippen molar-refractivity contribution in [2.75, 3.05) is 6.61 Å². The quantitative estimate of drug-likeness (QED) is 0.322. The summed E-state index contributed by atoms with van der Waals surface area (Å²) < 4.78 is 7.25. The first-order valence-electron chi connectivity index (χ1n) is 8.98. The highest BCUT2D eigenvalue weighted by molar-refractivity contribution is 7.16. The minimum absolute atomic E-state index is 0.160. The van der Waals surface area contributed by atoms with Crippen LogP contribution in [0.1, 0.15) is 22.8 Å². The van der Waals surface area contributed by atoms with Gasteiger partial charge in [-0.3, -0.25) is 29.8 Å². The molecule has 0 N–H and O–H groups in total. The summed E-state index contributed by atoms with van der Waals surface area (Å²) in [6, 6.07) is 8.09. The average Bonchev–Trinajstić information content (AvgIpc) is 3.03. The number of nitro groups is 2. The van der Waals surface area contributed by atoms with E-state index in [1.807, 2.05) is 19.1 Å². The molecular formula is C19H16N4O7S. The van der Waals surface area contributed by atoms with Crippen molar-refractivity contribution in [1.82, 2.24) is 4.57 Å². The fourth-order valence-corrected chi connectivity index (χ4v) is 3.96. The van der Waals surface area contributed by atoms with E-state index in [0.29, 0.717) is 5.52 Å². The lowest BCUT2D eigenvalue weighted by Gasteiger charge is -2.05. The van der Waals surface area contributed by atoms with Gasteiger partial charge in [0.1, 0.15) is 6.54 Å². The molecule has 0 bridgehead atoms. The molecule has 0 atom stereocenters. The zero-order valence-electron chi connectivity index (χ0n) is 16.4. The number of aryl methyl sites for hydroxylation is 1. The molecule has 0 aliphatic heterocycles. The van der Waals surface area contributed by atoms with Crippen molar-refractivity contribution in [2.24, 2.45) is 4.99 Å². The number of hydrogen-bond donors (Lipinski definition) is 0. The van der Waals surface area contributed by atoms with E-state index < -0.39 is 33.1 Å². The highest BCUT2D eigenvalue weighted by Crippen LogP contribution is 2.24. The van der Waals surface area contributed by atoms with Gasteiger partial charge < -0.3 is 9.30 Å². The van der Waals surface area contributed by atoms with Gasteiger partial charge in [-0.15, -0.1) is 0 Å². The molecule has 2 aromatic carbocycles. The Morgan fingerprint density at radius 3 is 2.32 bits per heavy atom. The van der Waals surface area contributed by atoms with Crippen molar-refractivity contribution in [1.29, 1.82) is 0 Å². The molecule has 0 aliphatic rings. The molecule has 0 spiro atoms. The van der Waals surface area contributed by atoms with Gasteiger partial charge in [0.15, 0.2) is 4.80 Å². The molecule has 1 aromatic heterocycles. The van der Waals surface area contributed by atoms with Crippen LogP contribution < -0.4 is 4.80 Å². The monoisotopic (exact) mass is 444 g/mol. The van der Waals surface area contributed by atoms with E-state index in [1.54, 1.807) is 13.0 Å². The van der Waals surface area contributed by atoms with Crippen LogP contribution in [0.25, 0.3) is 10.2 Å². The molecule has 1 heterocycles. The Morgan fingerprint density at radius 2 is 1.74 bits per heavy atom. The maximum atomic E-state index is 12.7. The number of carbonyl (C=O) groups excluding carboxylic acids is 2. The lowest BCUT2D eigenvalue weighted by Crippen LogP contribution is -2.23. The van der Waals surface area contributed by atoms with Gasteiger partial charge in [-0.05, 0) is 31.5 Å². The van der Waals surface area contributed by atoms with E-state index in [9.17, 15) is 29.8 Å². The summed E-state index contributed by atoms with van der Waals surface area (Å²) in [4.78, 5) is 49.5. The van der Waals surface area contributed by atoms with Gasteiger partial charge in [-0.2, -0.15) is 4.99 Å². The normalized spacial score (nSPS) is 11.5. The Morgan fingerprint density at radius 1 is 1.10 bits per heavy atom. The number of ether oxygens (including phenoxy) is 1. The van der Waals surface area contributed by atoms with Crippen molar-refractivity contribution in [2.45, 2.75) is 20.4 Å². The van der Waals surface area contributed by atoms with Crippen molar-refractivity contribution >= 4 is 44.8 Å². The Hall–Kier alpha value is -3.93. The summed E-state index contributed by atoms with van der Waals surface area (Å²) in [6.07, 6.45) is 0. The molecule has 0 saturated carbocycles. The maximum absolute atomic E-state index is 12.7. The predicted molar refractivity (Wildman–Crippen MR) is 111 cm³/mol. The van der Waals surface area contributed by atoms with Gasteiger partial charge in [-0.1, -0.05) is 17.4 Å². The van der Waals surface area contributed by atoms with Crippen LogP contribution >= 0.6 is 11.3 Å². The number of fused-ring (bicyclic) bond motifs is 1. The fourth-order valence-electron chi connectivity index (χ4n) is 2.84. The van der Waals surface area contributed by atoms with Crippen molar-refractivity contribution < 1.29 is 24.2 Å². The number of non-ortho nitro benzene ring substituents is 2. The summed E-state index contributed by atoms with van der Waals surface area (Å²) >= 11 is 1.14.